The van der Waals surface area contributed by atoms with Crippen LogP contribution in [0.1, 0.15) is 12.5 Å². The zero-order chi connectivity index (χ0) is 25.5. The summed E-state index contributed by atoms with van der Waals surface area (Å²) in [6.45, 7) is 1.95. The van der Waals surface area contributed by atoms with Crippen molar-refractivity contribution in [2.75, 3.05) is 29.6 Å². The van der Waals surface area contributed by atoms with Gasteiger partial charge in [-0.25, -0.2) is 4.98 Å². The number of hydrogen-bond acceptors (Lipinski definition) is 8. The maximum Gasteiger partial charge on any atom is 0.269 e. The van der Waals surface area contributed by atoms with Crippen molar-refractivity contribution in [2.24, 2.45) is 0 Å². The van der Waals surface area contributed by atoms with E-state index in [4.69, 9.17) is 20.9 Å². The number of nitrogens with zero attached hydrogens (tertiary/aromatic N) is 4. The molecule has 4 N–H and O–H groups in total. The van der Waals surface area contributed by atoms with E-state index in [9.17, 15) is 10.1 Å². The monoisotopic (exact) mass is 480 g/mol. The smallest absolute Gasteiger partial charge is 0.269 e. The Labute approximate surface area is 208 Å². The summed E-state index contributed by atoms with van der Waals surface area (Å²) in [4.78, 5) is 22.9. The molecule has 180 valence electrons. The Bertz CT molecular complexity index is 1370. The molecule has 0 bridgehead atoms. The molecule has 36 heavy (non-hydrogen) atoms. The van der Waals surface area contributed by atoms with Gasteiger partial charge in [0.05, 0.1) is 12.3 Å². The number of amides is 1. The molecule has 0 saturated heterocycles. The number of para-hydroxylation sites is 2. The van der Waals surface area contributed by atoms with Gasteiger partial charge in [-0.2, -0.15) is 10.2 Å². The van der Waals surface area contributed by atoms with Crippen LogP contribution in [0.3, 0.4) is 0 Å². The zero-order valence-electron chi connectivity index (χ0n) is 19.6. The molecule has 0 saturated carbocycles. The minimum Gasteiger partial charge on any atom is -0.490 e. The van der Waals surface area contributed by atoms with Gasteiger partial charge in [-0.05, 0) is 49.4 Å². The summed E-state index contributed by atoms with van der Waals surface area (Å²) < 4.78 is 11.7. The van der Waals surface area contributed by atoms with Crippen LogP contribution in [-0.2, 0) is 4.79 Å². The van der Waals surface area contributed by atoms with Crippen molar-refractivity contribution in [2.45, 2.75) is 6.92 Å². The summed E-state index contributed by atoms with van der Waals surface area (Å²) in [5, 5.41) is 9.52. The number of carbonyl (C=O) groups excluding carboxylic acids is 1. The summed E-state index contributed by atoms with van der Waals surface area (Å²) in [6.07, 6.45) is 0. The predicted molar refractivity (Wildman–Crippen MR) is 138 cm³/mol. The van der Waals surface area contributed by atoms with Crippen LogP contribution in [0, 0.1) is 11.3 Å². The van der Waals surface area contributed by atoms with Crippen molar-refractivity contribution < 1.29 is 14.3 Å². The largest absolute Gasteiger partial charge is 0.490 e. The molecule has 0 aliphatic rings. The SMILES string of the molecule is CCOc1cc(-c2nc(N)nc(N)c2C#N)ccc1OCC(=O)N(c1ccccc1)c1ccccc1. The molecule has 0 radical (unpaired) electrons. The van der Waals surface area contributed by atoms with Gasteiger partial charge in [0.15, 0.2) is 18.1 Å². The highest BCUT2D eigenvalue weighted by molar-refractivity contribution is 6.01. The van der Waals surface area contributed by atoms with Gasteiger partial charge in [0.25, 0.3) is 5.91 Å². The van der Waals surface area contributed by atoms with Gasteiger partial charge in [0, 0.05) is 16.9 Å². The van der Waals surface area contributed by atoms with Gasteiger partial charge < -0.3 is 20.9 Å². The van der Waals surface area contributed by atoms with E-state index in [-0.39, 0.29) is 35.5 Å². The number of benzene rings is 3. The summed E-state index contributed by atoms with van der Waals surface area (Å²) >= 11 is 0. The highest BCUT2D eigenvalue weighted by Crippen LogP contribution is 2.35. The third-order valence-corrected chi connectivity index (χ3v) is 5.21. The van der Waals surface area contributed by atoms with Gasteiger partial charge in [-0.3, -0.25) is 9.69 Å². The number of carbonyl (C=O) groups is 1. The van der Waals surface area contributed by atoms with E-state index < -0.39 is 0 Å². The van der Waals surface area contributed by atoms with E-state index >= 15 is 0 Å². The van der Waals surface area contributed by atoms with Gasteiger partial charge in [-0.15, -0.1) is 0 Å². The quantitative estimate of drug-likeness (QED) is 0.380. The molecular formula is C27H24N6O3. The lowest BCUT2D eigenvalue weighted by molar-refractivity contribution is -0.119. The second kappa shape index (κ2) is 10.9. The number of nitrogen functional groups attached to an aromatic ring is 2. The summed E-state index contributed by atoms with van der Waals surface area (Å²) in [6, 6.07) is 25.7. The zero-order valence-corrected chi connectivity index (χ0v) is 19.6. The van der Waals surface area contributed by atoms with Crippen molar-refractivity contribution in [1.82, 2.24) is 9.97 Å². The Kier molecular flexibility index (Phi) is 7.27. The summed E-state index contributed by atoms with van der Waals surface area (Å²) in [5.74, 6) is 0.428. The van der Waals surface area contributed by atoms with Gasteiger partial charge in [0.1, 0.15) is 17.5 Å². The molecular weight excluding hydrogens is 456 g/mol. The van der Waals surface area contributed by atoms with Crippen LogP contribution >= 0.6 is 0 Å². The van der Waals surface area contributed by atoms with E-state index in [0.717, 1.165) is 11.4 Å². The third kappa shape index (κ3) is 5.18. The van der Waals surface area contributed by atoms with E-state index in [1.165, 1.54) is 0 Å². The summed E-state index contributed by atoms with van der Waals surface area (Å²) in [5.41, 5.74) is 14.0. The average Bonchev–Trinajstić information content (AvgIpc) is 2.89. The van der Waals surface area contributed by atoms with Crippen LogP contribution < -0.4 is 25.8 Å². The van der Waals surface area contributed by atoms with Gasteiger partial charge in [0.2, 0.25) is 5.95 Å². The van der Waals surface area contributed by atoms with Crippen molar-refractivity contribution in [3.8, 4) is 28.8 Å². The van der Waals surface area contributed by atoms with E-state index in [1.54, 1.807) is 23.1 Å². The highest BCUT2D eigenvalue weighted by Gasteiger charge is 2.20. The van der Waals surface area contributed by atoms with Crippen LogP contribution in [0.15, 0.2) is 78.9 Å². The molecule has 4 aromatic rings. The van der Waals surface area contributed by atoms with Gasteiger partial charge in [-0.1, -0.05) is 36.4 Å². The molecule has 0 aliphatic heterocycles. The fourth-order valence-corrected chi connectivity index (χ4v) is 3.65. The number of nitriles is 1. The van der Waals surface area contributed by atoms with Gasteiger partial charge >= 0.3 is 0 Å². The molecule has 1 amide bonds. The fraction of sp³-hybridized carbons (Fsp3) is 0.111. The molecule has 4 rings (SSSR count). The number of ether oxygens (including phenoxy) is 2. The first kappa shape index (κ1) is 24.0. The first-order chi connectivity index (χ1) is 17.5. The lowest BCUT2D eigenvalue weighted by atomic mass is 10.1. The number of rotatable bonds is 8. The van der Waals surface area contributed by atoms with Crippen molar-refractivity contribution in [1.29, 1.82) is 5.26 Å². The lowest BCUT2D eigenvalue weighted by Gasteiger charge is -2.23. The number of aromatic nitrogens is 2. The van der Waals surface area contributed by atoms with Crippen LogP contribution in [0.25, 0.3) is 11.3 Å². The Morgan fingerprint density at radius 1 is 0.917 bits per heavy atom. The molecule has 9 nitrogen and oxygen atoms in total. The first-order valence-electron chi connectivity index (χ1n) is 11.2. The molecule has 3 aromatic carbocycles. The maximum absolute atomic E-state index is 13.3. The Balaban J connectivity index is 1.62. The van der Waals surface area contributed by atoms with Crippen molar-refractivity contribution in [3.05, 3.63) is 84.4 Å². The van der Waals surface area contributed by atoms with E-state index in [0.29, 0.717) is 23.7 Å². The minimum atomic E-state index is -0.262. The van der Waals surface area contributed by atoms with Crippen molar-refractivity contribution >= 4 is 29.0 Å². The van der Waals surface area contributed by atoms with Crippen LogP contribution in [0.4, 0.5) is 23.1 Å². The molecule has 1 heterocycles. The Hall–Kier alpha value is -5.10. The van der Waals surface area contributed by atoms with E-state index in [1.807, 2.05) is 73.7 Å². The number of nitrogens with two attached hydrogens (primary N) is 2. The Morgan fingerprint density at radius 3 is 2.14 bits per heavy atom. The molecule has 0 unspecified atom stereocenters. The van der Waals surface area contributed by atoms with Crippen molar-refractivity contribution in [3.63, 3.8) is 0 Å². The maximum atomic E-state index is 13.3. The van der Waals surface area contributed by atoms with Crippen LogP contribution in [0.2, 0.25) is 0 Å². The minimum absolute atomic E-state index is 0.00852. The third-order valence-electron chi connectivity index (χ3n) is 5.21. The standard InChI is InChI=1S/C27H24N6O3/c1-2-35-23-15-18(25-21(16-28)26(29)32-27(30)31-25)13-14-22(23)36-17-24(34)33(19-9-5-3-6-10-19)20-11-7-4-8-12-20/h3-15H,2,17H2,1H3,(H4,29,30,31,32). The molecule has 0 aliphatic carbocycles. The molecule has 1 aromatic heterocycles. The second-order valence-corrected chi connectivity index (χ2v) is 7.59. The summed E-state index contributed by atoms with van der Waals surface area (Å²) in [7, 11) is 0. The first-order valence-corrected chi connectivity index (χ1v) is 11.2. The molecule has 0 spiro atoms. The fourth-order valence-electron chi connectivity index (χ4n) is 3.65. The molecule has 0 fully saturated rings. The Morgan fingerprint density at radius 2 is 1.56 bits per heavy atom. The number of hydrogen-bond donors (Lipinski definition) is 2. The molecule has 0 atom stereocenters. The second-order valence-electron chi connectivity index (χ2n) is 7.59. The highest BCUT2D eigenvalue weighted by atomic mass is 16.5. The average molecular weight is 481 g/mol. The normalized spacial score (nSPS) is 10.3. The van der Waals surface area contributed by atoms with Crippen LogP contribution in [-0.4, -0.2) is 29.1 Å². The topological polar surface area (TPSA) is 140 Å². The lowest BCUT2D eigenvalue weighted by Crippen LogP contribution is -2.31. The van der Waals surface area contributed by atoms with E-state index in [2.05, 4.69) is 9.97 Å². The predicted octanol–water partition coefficient (Wildman–Crippen LogP) is 4.32. The van der Waals surface area contributed by atoms with Crippen LogP contribution in [0.5, 0.6) is 11.5 Å². The number of anilines is 4. The molecule has 9 heteroatoms.